The highest BCUT2D eigenvalue weighted by atomic mass is 79.9. The van der Waals surface area contributed by atoms with Crippen LogP contribution in [0.3, 0.4) is 0 Å². The van der Waals surface area contributed by atoms with Crippen LogP contribution in [0, 0.1) is 0 Å². The Morgan fingerprint density at radius 3 is 2.75 bits per heavy atom. The molecular weight excluding hydrogens is 396 g/mol. The third kappa shape index (κ3) is 3.88. The number of rotatable bonds is 3. The van der Waals surface area contributed by atoms with E-state index in [-0.39, 0.29) is 12.5 Å². The average Bonchev–Trinajstić information content (AvgIpc) is 2.83. The minimum Gasteiger partial charge on any atom is -0.378 e. The van der Waals surface area contributed by atoms with Gasteiger partial charge in [0.15, 0.2) is 0 Å². The van der Waals surface area contributed by atoms with Gasteiger partial charge in [-0.2, -0.15) is 0 Å². The summed E-state index contributed by atoms with van der Waals surface area (Å²) in [5.74, 6) is -0.657. The summed E-state index contributed by atoms with van der Waals surface area (Å²) < 4.78 is 6.08. The fraction of sp³-hybridized carbons (Fsp3) is 0.312. The lowest BCUT2D eigenvalue weighted by atomic mass is 10.2. The standard InChI is InChI=1S/C16H15BrN2O4S/c17-12-3-1-2-11(8-12)9-13-15(21)19(16(22)24-13)10-14(20)18-4-6-23-7-5-18/h1-3,8-9H,4-7,10H2/b13-9+. The van der Waals surface area contributed by atoms with Crippen LogP contribution < -0.4 is 0 Å². The molecule has 0 N–H and O–H groups in total. The molecule has 0 aliphatic carbocycles. The van der Waals surface area contributed by atoms with E-state index in [0.717, 1.165) is 26.7 Å². The molecule has 3 rings (SSSR count). The molecule has 0 atom stereocenters. The van der Waals surface area contributed by atoms with Crippen LogP contribution in [0.15, 0.2) is 33.6 Å². The smallest absolute Gasteiger partial charge is 0.294 e. The Balaban J connectivity index is 1.71. The van der Waals surface area contributed by atoms with Crippen molar-refractivity contribution in [3.05, 3.63) is 39.2 Å². The first-order chi connectivity index (χ1) is 11.5. The van der Waals surface area contributed by atoms with Gasteiger partial charge in [0, 0.05) is 17.6 Å². The third-order valence-corrected chi connectivity index (χ3v) is 5.08. The maximum atomic E-state index is 12.4. The van der Waals surface area contributed by atoms with E-state index in [1.165, 1.54) is 0 Å². The number of halogens is 1. The quantitative estimate of drug-likeness (QED) is 0.715. The number of thioether (sulfide) groups is 1. The number of ether oxygens (including phenoxy) is 1. The molecule has 3 amide bonds. The van der Waals surface area contributed by atoms with Crippen LogP contribution in [0.25, 0.3) is 6.08 Å². The highest BCUT2D eigenvalue weighted by Crippen LogP contribution is 2.32. The Hall–Kier alpha value is -1.64. The maximum Gasteiger partial charge on any atom is 0.294 e. The van der Waals surface area contributed by atoms with Gasteiger partial charge in [-0.15, -0.1) is 0 Å². The molecule has 0 bridgehead atoms. The second kappa shape index (κ2) is 7.50. The van der Waals surface area contributed by atoms with Gasteiger partial charge < -0.3 is 9.64 Å². The van der Waals surface area contributed by atoms with E-state index in [9.17, 15) is 14.4 Å². The van der Waals surface area contributed by atoms with Crippen LogP contribution in [-0.2, 0) is 14.3 Å². The van der Waals surface area contributed by atoms with Gasteiger partial charge in [0.05, 0.1) is 18.1 Å². The second-order valence-electron chi connectivity index (χ2n) is 5.32. The number of carbonyl (C=O) groups is 3. The maximum absolute atomic E-state index is 12.4. The largest absolute Gasteiger partial charge is 0.378 e. The number of morpholine rings is 1. The van der Waals surface area contributed by atoms with Crippen molar-refractivity contribution >= 4 is 50.8 Å². The zero-order valence-electron chi connectivity index (χ0n) is 12.7. The molecule has 24 heavy (non-hydrogen) atoms. The summed E-state index contributed by atoms with van der Waals surface area (Å²) in [6, 6.07) is 7.43. The molecular formula is C16H15BrN2O4S. The van der Waals surface area contributed by atoms with E-state index in [1.807, 2.05) is 24.3 Å². The highest BCUT2D eigenvalue weighted by Gasteiger charge is 2.37. The lowest BCUT2D eigenvalue weighted by Crippen LogP contribution is -2.46. The van der Waals surface area contributed by atoms with Crippen LogP contribution in [0.1, 0.15) is 5.56 Å². The van der Waals surface area contributed by atoms with Crippen molar-refractivity contribution in [2.75, 3.05) is 32.8 Å². The number of hydrogen-bond donors (Lipinski definition) is 0. The number of hydrogen-bond acceptors (Lipinski definition) is 5. The second-order valence-corrected chi connectivity index (χ2v) is 7.22. The Bertz CT molecular complexity index is 716. The molecule has 0 spiro atoms. The summed E-state index contributed by atoms with van der Waals surface area (Å²) in [6.45, 7) is 1.72. The van der Waals surface area contributed by atoms with E-state index in [1.54, 1.807) is 11.0 Å². The van der Waals surface area contributed by atoms with Gasteiger partial charge in [-0.1, -0.05) is 28.1 Å². The number of imide groups is 1. The predicted molar refractivity (Wildman–Crippen MR) is 94.2 cm³/mol. The average molecular weight is 411 g/mol. The lowest BCUT2D eigenvalue weighted by molar-refractivity contribution is -0.139. The molecule has 0 saturated carbocycles. The van der Waals surface area contributed by atoms with Crippen molar-refractivity contribution in [2.24, 2.45) is 0 Å². The normalized spacial score (nSPS) is 20.1. The van der Waals surface area contributed by atoms with E-state index >= 15 is 0 Å². The minimum atomic E-state index is -0.424. The van der Waals surface area contributed by atoms with Crippen LogP contribution in [0.4, 0.5) is 4.79 Å². The van der Waals surface area contributed by atoms with Crippen molar-refractivity contribution in [3.63, 3.8) is 0 Å². The van der Waals surface area contributed by atoms with E-state index in [4.69, 9.17) is 4.74 Å². The molecule has 2 heterocycles. The lowest BCUT2D eigenvalue weighted by Gasteiger charge is -2.28. The molecule has 2 aliphatic heterocycles. The van der Waals surface area contributed by atoms with Gasteiger partial charge in [-0.05, 0) is 35.5 Å². The summed E-state index contributed by atoms with van der Waals surface area (Å²) >= 11 is 4.23. The third-order valence-electron chi connectivity index (χ3n) is 3.68. The summed E-state index contributed by atoms with van der Waals surface area (Å²) in [6.07, 6.45) is 1.66. The molecule has 126 valence electrons. The van der Waals surface area contributed by atoms with E-state index in [0.29, 0.717) is 31.2 Å². The first-order valence-corrected chi connectivity index (χ1v) is 9.02. The first-order valence-electron chi connectivity index (χ1n) is 7.41. The monoisotopic (exact) mass is 410 g/mol. The Kier molecular flexibility index (Phi) is 5.37. The molecule has 1 aromatic rings. The van der Waals surface area contributed by atoms with Gasteiger partial charge in [-0.3, -0.25) is 19.3 Å². The summed E-state index contributed by atoms with van der Waals surface area (Å²) in [5, 5.41) is -0.414. The van der Waals surface area contributed by atoms with Gasteiger partial charge in [-0.25, -0.2) is 0 Å². The molecule has 8 heteroatoms. The van der Waals surface area contributed by atoms with Crippen molar-refractivity contribution in [2.45, 2.75) is 0 Å². The molecule has 0 radical (unpaired) electrons. The summed E-state index contributed by atoms with van der Waals surface area (Å²) in [5.41, 5.74) is 0.814. The van der Waals surface area contributed by atoms with Crippen molar-refractivity contribution < 1.29 is 19.1 Å². The molecule has 0 aromatic heterocycles. The topological polar surface area (TPSA) is 66.9 Å². The molecule has 2 aliphatic rings. The molecule has 2 fully saturated rings. The molecule has 1 aromatic carbocycles. The Morgan fingerprint density at radius 1 is 1.29 bits per heavy atom. The number of nitrogens with zero attached hydrogens (tertiary/aromatic N) is 2. The van der Waals surface area contributed by atoms with Crippen LogP contribution in [0.5, 0.6) is 0 Å². The van der Waals surface area contributed by atoms with E-state index < -0.39 is 11.1 Å². The van der Waals surface area contributed by atoms with Crippen molar-refractivity contribution in [1.82, 2.24) is 9.80 Å². The van der Waals surface area contributed by atoms with Crippen LogP contribution in [-0.4, -0.2) is 59.7 Å². The summed E-state index contributed by atoms with van der Waals surface area (Å²) in [4.78, 5) is 39.7. The Morgan fingerprint density at radius 2 is 2.04 bits per heavy atom. The van der Waals surface area contributed by atoms with Gasteiger partial charge in [0.2, 0.25) is 5.91 Å². The summed E-state index contributed by atoms with van der Waals surface area (Å²) in [7, 11) is 0. The minimum absolute atomic E-state index is 0.222. The molecule has 0 unspecified atom stereocenters. The number of amides is 3. The highest BCUT2D eigenvalue weighted by molar-refractivity contribution is 9.10. The number of benzene rings is 1. The molecule has 2 saturated heterocycles. The van der Waals surface area contributed by atoms with Gasteiger partial charge in [0.25, 0.3) is 11.1 Å². The fourth-order valence-electron chi connectivity index (χ4n) is 2.43. The molecule has 6 nitrogen and oxygen atoms in total. The van der Waals surface area contributed by atoms with Crippen molar-refractivity contribution in [1.29, 1.82) is 0 Å². The van der Waals surface area contributed by atoms with Crippen LogP contribution in [0.2, 0.25) is 0 Å². The van der Waals surface area contributed by atoms with E-state index in [2.05, 4.69) is 15.9 Å². The zero-order valence-corrected chi connectivity index (χ0v) is 15.1. The first kappa shape index (κ1) is 17.2. The van der Waals surface area contributed by atoms with Crippen LogP contribution >= 0.6 is 27.7 Å². The predicted octanol–water partition coefficient (Wildman–Crippen LogP) is 2.34. The van der Waals surface area contributed by atoms with Gasteiger partial charge >= 0.3 is 0 Å². The SMILES string of the molecule is O=C(CN1C(=O)S/C(=C/c2cccc(Br)c2)C1=O)N1CCOCC1. The van der Waals surface area contributed by atoms with Crippen molar-refractivity contribution in [3.8, 4) is 0 Å². The number of carbonyl (C=O) groups excluding carboxylic acids is 3. The van der Waals surface area contributed by atoms with Gasteiger partial charge in [0.1, 0.15) is 6.54 Å². The Labute approximate surface area is 151 Å². The zero-order chi connectivity index (χ0) is 17.1. The fourth-order valence-corrected chi connectivity index (χ4v) is 3.69.